The van der Waals surface area contributed by atoms with E-state index in [9.17, 15) is 4.39 Å². The molecule has 1 N–H and O–H groups in total. The minimum absolute atomic E-state index is 0.217. The summed E-state index contributed by atoms with van der Waals surface area (Å²) in [6.45, 7) is 8.58. The van der Waals surface area contributed by atoms with Crippen LogP contribution >= 0.6 is 11.6 Å². The molecule has 0 aliphatic rings. The first-order valence-electron chi connectivity index (χ1n) is 6.19. The molecule has 0 amide bonds. The Morgan fingerprint density at radius 3 is 2.59 bits per heavy atom. The Balaban J connectivity index is 2.55. The second-order valence-electron chi connectivity index (χ2n) is 4.71. The van der Waals surface area contributed by atoms with E-state index in [1.807, 2.05) is 6.07 Å². The third-order valence-electron chi connectivity index (χ3n) is 3.23. The van der Waals surface area contributed by atoms with E-state index in [0.717, 1.165) is 25.1 Å². The molecule has 0 spiro atoms. The number of benzene rings is 1. The van der Waals surface area contributed by atoms with Gasteiger partial charge in [-0.15, -0.1) is 0 Å². The molecule has 1 rings (SSSR count). The summed E-state index contributed by atoms with van der Waals surface area (Å²) in [7, 11) is 0. The van der Waals surface area contributed by atoms with Crippen molar-refractivity contribution in [2.24, 2.45) is 11.8 Å². The molecule has 1 aromatic carbocycles. The van der Waals surface area contributed by atoms with Gasteiger partial charge in [-0.1, -0.05) is 38.4 Å². The summed E-state index contributed by atoms with van der Waals surface area (Å²) in [6, 6.07) is 4.99. The number of halogens is 2. The van der Waals surface area contributed by atoms with Crippen LogP contribution in [0.25, 0.3) is 0 Å². The molecule has 2 atom stereocenters. The smallest absolute Gasteiger partial charge is 0.141 e. The molecule has 0 heterocycles. The van der Waals surface area contributed by atoms with Crippen LogP contribution in [-0.4, -0.2) is 13.1 Å². The highest BCUT2D eigenvalue weighted by Crippen LogP contribution is 2.21. The van der Waals surface area contributed by atoms with Crippen LogP contribution in [0.3, 0.4) is 0 Å². The van der Waals surface area contributed by atoms with Gasteiger partial charge in [0.2, 0.25) is 0 Å². The molecular formula is C14H21ClFN. The lowest BCUT2D eigenvalue weighted by atomic mass is 9.89. The van der Waals surface area contributed by atoms with Gasteiger partial charge in [-0.3, -0.25) is 0 Å². The van der Waals surface area contributed by atoms with Crippen LogP contribution in [0.5, 0.6) is 0 Å². The van der Waals surface area contributed by atoms with Gasteiger partial charge in [-0.2, -0.15) is 0 Å². The number of hydrogen-bond donors (Lipinski definition) is 1. The summed E-state index contributed by atoms with van der Waals surface area (Å²) in [4.78, 5) is 0. The number of nitrogens with one attached hydrogen (secondary N) is 1. The van der Waals surface area contributed by atoms with Crippen LogP contribution in [0.4, 0.5) is 4.39 Å². The van der Waals surface area contributed by atoms with Crippen molar-refractivity contribution in [1.82, 2.24) is 5.32 Å². The lowest BCUT2D eigenvalue weighted by molar-refractivity contribution is 0.368. The van der Waals surface area contributed by atoms with E-state index >= 15 is 0 Å². The third-order valence-corrected chi connectivity index (χ3v) is 3.52. The summed E-state index contributed by atoms with van der Waals surface area (Å²) >= 11 is 5.77. The Hall–Kier alpha value is -0.600. The summed E-state index contributed by atoms with van der Waals surface area (Å²) in [5, 5.41) is 3.57. The molecular weight excluding hydrogens is 237 g/mol. The summed E-state index contributed by atoms with van der Waals surface area (Å²) < 4.78 is 13.0. The molecule has 1 aromatic rings. The molecule has 3 heteroatoms. The van der Waals surface area contributed by atoms with Crippen molar-refractivity contribution >= 4 is 11.6 Å². The van der Waals surface area contributed by atoms with Gasteiger partial charge >= 0.3 is 0 Å². The third kappa shape index (κ3) is 4.64. The Kier molecular flexibility index (Phi) is 5.93. The van der Waals surface area contributed by atoms with Crippen LogP contribution < -0.4 is 5.32 Å². The normalized spacial score (nSPS) is 14.6. The molecule has 0 saturated heterocycles. The first kappa shape index (κ1) is 14.5. The standard InChI is InChI=1S/C14H21ClFN/c1-4-17-9-11(3)10(2)7-12-5-6-14(16)13(15)8-12/h5-6,8,10-11,17H,4,7,9H2,1-3H3. The van der Waals surface area contributed by atoms with Gasteiger partial charge < -0.3 is 5.32 Å². The Morgan fingerprint density at radius 2 is 2.00 bits per heavy atom. The molecule has 0 aromatic heterocycles. The first-order chi connectivity index (χ1) is 8.04. The van der Waals surface area contributed by atoms with Crippen LogP contribution in [0.15, 0.2) is 18.2 Å². The Bertz CT molecular complexity index is 354. The molecule has 0 saturated carbocycles. The van der Waals surface area contributed by atoms with Crippen molar-refractivity contribution in [2.45, 2.75) is 27.2 Å². The zero-order chi connectivity index (χ0) is 12.8. The van der Waals surface area contributed by atoms with Gasteiger partial charge in [0.1, 0.15) is 5.82 Å². The summed E-state index contributed by atoms with van der Waals surface area (Å²) in [5.41, 5.74) is 1.10. The SMILES string of the molecule is CCNCC(C)C(C)Cc1ccc(F)c(Cl)c1. The first-order valence-corrected chi connectivity index (χ1v) is 6.57. The molecule has 2 unspecified atom stereocenters. The van der Waals surface area contributed by atoms with Gasteiger partial charge in [0, 0.05) is 0 Å². The predicted octanol–water partition coefficient (Wildman–Crippen LogP) is 3.90. The lowest BCUT2D eigenvalue weighted by Crippen LogP contribution is -2.25. The number of hydrogen-bond acceptors (Lipinski definition) is 1. The highest BCUT2D eigenvalue weighted by Gasteiger charge is 2.13. The maximum atomic E-state index is 13.0. The van der Waals surface area contributed by atoms with Crippen LogP contribution in [-0.2, 0) is 6.42 Å². The molecule has 0 bridgehead atoms. The Morgan fingerprint density at radius 1 is 1.29 bits per heavy atom. The minimum Gasteiger partial charge on any atom is -0.317 e. The highest BCUT2D eigenvalue weighted by atomic mass is 35.5. The maximum Gasteiger partial charge on any atom is 0.141 e. The van der Waals surface area contributed by atoms with E-state index in [1.165, 1.54) is 6.07 Å². The van der Waals surface area contributed by atoms with Crippen LogP contribution in [0.2, 0.25) is 5.02 Å². The van der Waals surface area contributed by atoms with Crippen LogP contribution in [0.1, 0.15) is 26.3 Å². The van der Waals surface area contributed by atoms with Crippen molar-refractivity contribution in [1.29, 1.82) is 0 Å². The molecule has 1 nitrogen and oxygen atoms in total. The highest BCUT2D eigenvalue weighted by molar-refractivity contribution is 6.30. The van der Waals surface area contributed by atoms with Gasteiger partial charge in [0.25, 0.3) is 0 Å². The molecule has 17 heavy (non-hydrogen) atoms. The average Bonchev–Trinajstić information content (AvgIpc) is 2.30. The topological polar surface area (TPSA) is 12.0 Å². The quantitative estimate of drug-likeness (QED) is 0.815. The van der Waals surface area contributed by atoms with Gasteiger partial charge in [0.15, 0.2) is 0 Å². The monoisotopic (exact) mass is 257 g/mol. The van der Waals surface area contributed by atoms with E-state index in [2.05, 4.69) is 26.1 Å². The molecule has 0 aliphatic carbocycles. The fraction of sp³-hybridized carbons (Fsp3) is 0.571. The van der Waals surface area contributed by atoms with E-state index < -0.39 is 0 Å². The zero-order valence-electron chi connectivity index (χ0n) is 10.8. The second-order valence-corrected chi connectivity index (χ2v) is 5.12. The summed E-state index contributed by atoms with van der Waals surface area (Å²) in [6.07, 6.45) is 0.937. The fourth-order valence-corrected chi connectivity index (χ4v) is 2.02. The average molecular weight is 258 g/mol. The van der Waals surface area contributed by atoms with Crippen LogP contribution in [0, 0.1) is 17.7 Å². The maximum absolute atomic E-state index is 13.0. The van der Waals surface area contributed by atoms with Gasteiger partial charge in [0.05, 0.1) is 5.02 Å². The lowest BCUT2D eigenvalue weighted by Gasteiger charge is -2.20. The van der Waals surface area contributed by atoms with Gasteiger partial charge in [-0.05, 0) is 49.0 Å². The van der Waals surface area contributed by atoms with E-state index in [4.69, 9.17) is 11.6 Å². The predicted molar refractivity (Wildman–Crippen MR) is 72.0 cm³/mol. The van der Waals surface area contributed by atoms with Gasteiger partial charge in [-0.25, -0.2) is 4.39 Å². The molecule has 0 radical (unpaired) electrons. The molecule has 96 valence electrons. The van der Waals surface area contributed by atoms with Crippen molar-refractivity contribution in [3.8, 4) is 0 Å². The van der Waals surface area contributed by atoms with Crippen molar-refractivity contribution in [3.63, 3.8) is 0 Å². The van der Waals surface area contributed by atoms with E-state index in [-0.39, 0.29) is 10.8 Å². The second kappa shape index (κ2) is 6.97. The zero-order valence-corrected chi connectivity index (χ0v) is 11.5. The van der Waals surface area contributed by atoms with E-state index in [0.29, 0.717) is 11.8 Å². The van der Waals surface area contributed by atoms with E-state index in [1.54, 1.807) is 6.07 Å². The number of rotatable bonds is 6. The van der Waals surface area contributed by atoms with Crippen molar-refractivity contribution in [2.75, 3.05) is 13.1 Å². The molecule has 0 aliphatic heterocycles. The largest absolute Gasteiger partial charge is 0.317 e. The fourth-order valence-electron chi connectivity index (χ4n) is 1.81. The van der Waals surface area contributed by atoms with Crippen molar-refractivity contribution < 1.29 is 4.39 Å². The molecule has 0 fully saturated rings. The Labute approximate surface area is 108 Å². The summed E-state index contributed by atoms with van der Waals surface area (Å²) in [5.74, 6) is 0.804. The van der Waals surface area contributed by atoms with Crippen molar-refractivity contribution in [3.05, 3.63) is 34.6 Å². The minimum atomic E-state index is -0.344.